The molecular formula is C24H27N5O2. The Balaban J connectivity index is 1.52. The van der Waals surface area contributed by atoms with E-state index in [1.165, 1.54) is 16.3 Å². The number of amides is 1. The lowest BCUT2D eigenvalue weighted by Crippen LogP contribution is -2.48. The number of hydrogen-bond acceptors (Lipinski definition) is 5. The first-order valence-electron chi connectivity index (χ1n) is 10.5. The Bertz CT molecular complexity index is 1120. The molecule has 1 amide bonds. The number of nitrogens with zero attached hydrogens (tertiary/aromatic N) is 4. The van der Waals surface area contributed by atoms with Crippen molar-refractivity contribution in [2.75, 3.05) is 41.3 Å². The molecule has 2 aromatic carbocycles. The predicted octanol–water partition coefficient (Wildman–Crippen LogP) is 2.83. The van der Waals surface area contributed by atoms with E-state index in [2.05, 4.69) is 32.2 Å². The number of piperazine rings is 1. The average Bonchev–Trinajstić information content (AvgIpc) is 2.78. The molecule has 2 heterocycles. The summed E-state index contributed by atoms with van der Waals surface area (Å²) in [6, 6.07) is 19.4. The van der Waals surface area contributed by atoms with Crippen LogP contribution in [0.3, 0.4) is 0 Å². The van der Waals surface area contributed by atoms with E-state index in [1.807, 2.05) is 56.3 Å². The van der Waals surface area contributed by atoms with Gasteiger partial charge >= 0.3 is 0 Å². The third-order valence-electron chi connectivity index (χ3n) is 5.52. The minimum absolute atomic E-state index is 0.0747. The lowest BCUT2D eigenvalue weighted by Gasteiger charge is -2.37. The molecule has 0 unspecified atom stereocenters. The maximum atomic E-state index is 12.8. The van der Waals surface area contributed by atoms with Gasteiger partial charge in [0.05, 0.1) is 0 Å². The van der Waals surface area contributed by atoms with Crippen molar-refractivity contribution in [1.82, 2.24) is 9.55 Å². The fourth-order valence-electron chi connectivity index (χ4n) is 3.85. The molecule has 1 aromatic heterocycles. The highest BCUT2D eigenvalue weighted by Gasteiger charge is 2.22. The SMILES string of the molecule is Cc1cc(=O)n(CC(=O)Nc2ccccc2C)c(N2CCN(c3ccccc3)CC2)n1. The molecule has 1 saturated heterocycles. The number of carbonyl (C=O) groups is 1. The molecule has 0 bridgehead atoms. The first kappa shape index (κ1) is 20.7. The minimum Gasteiger partial charge on any atom is -0.368 e. The van der Waals surface area contributed by atoms with E-state index in [4.69, 9.17) is 0 Å². The van der Waals surface area contributed by atoms with Crippen molar-refractivity contribution in [2.45, 2.75) is 20.4 Å². The van der Waals surface area contributed by atoms with Crippen LogP contribution in [0.15, 0.2) is 65.5 Å². The topological polar surface area (TPSA) is 70.5 Å². The normalized spacial score (nSPS) is 13.9. The van der Waals surface area contributed by atoms with Crippen molar-refractivity contribution >= 4 is 23.2 Å². The lowest BCUT2D eigenvalue weighted by atomic mass is 10.2. The van der Waals surface area contributed by atoms with E-state index in [0.717, 1.165) is 37.4 Å². The third kappa shape index (κ3) is 4.77. The van der Waals surface area contributed by atoms with E-state index < -0.39 is 0 Å². The van der Waals surface area contributed by atoms with Gasteiger partial charge < -0.3 is 15.1 Å². The maximum Gasteiger partial charge on any atom is 0.255 e. The molecule has 7 heteroatoms. The Morgan fingerprint density at radius 2 is 1.58 bits per heavy atom. The molecule has 3 aromatic rings. The number of aryl methyl sites for hydroxylation is 2. The van der Waals surface area contributed by atoms with Crippen LogP contribution in [0.2, 0.25) is 0 Å². The maximum absolute atomic E-state index is 12.8. The van der Waals surface area contributed by atoms with Crippen LogP contribution in [0.5, 0.6) is 0 Å². The lowest BCUT2D eigenvalue weighted by molar-refractivity contribution is -0.116. The summed E-state index contributed by atoms with van der Waals surface area (Å²) in [6.07, 6.45) is 0. The van der Waals surface area contributed by atoms with Crippen LogP contribution in [0.25, 0.3) is 0 Å². The molecule has 0 aliphatic carbocycles. The molecule has 160 valence electrons. The quantitative estimate of drug-likeness (QED) is 0.691. The van der Waals surface area contributed by atoms with E-state index in [0.29, 0.717) is 11.6 Å². The van der Waals surface area contributed by atoms with Gasteiger partial charge in [-0.1, -0.05) is 36.4 Å². The van der Waals surface area contributed by atoms with E-state index in [-0.39, 0.29) is 18.0 Å². The monoisotopic (exact) mass is 417 g/mol. The second kappa shape index (κ2) is 9.04. The Morgan fingerprint density at radius 1 is 0.935 bits per heavy atom. The number of benzene rings is 2. The smallest absolute Gasteiger partial charge is 0.255 e. The zero-order valence-electron chi connectivity index (χ0n) is 17.9. The van der Waals surface area contributed by atoms with Crippen LogP contribution in [0.4, 0.5) is 17.3 Å². The molecule has 1 aliphatic rings. The number of hydrogen-bond donors (Lipinski definition) is 1. The predicted molar refractivity (Wildman–Crippen MR) is 124 cm³/mol. The standard InChI is InChI=1S/C24H27N5O2/c1-18-8-6-7-11-21(18)26-22(30)17-29-23(31)16-19(2)25-24(29)28-14-12-27(13-15-28)20-9-4-3-5-10-20/h3-11,16H,12-15,17H2,1-2H3,(H,26,30). The Kier molecular flexibility index (Phi) is 6.02. The van der Waals surface area contributed by atoms with E-state index in [9.17, 15) is 9.59 Å². The Hall–Kier alpha value is -3.61. The minimum atomic E-state index is -0.244. The Morgan fingerprint density at radius 3 is 2.29 bits per heavy atom. The van der Waals surface area contributed by atoms with Crippen LogP contribution < -0.4 is 20.7 Å². The highest BCUT2D eigenvalue weighted by molar-refractivity contribution is 5.91. The van der Waals surface area contributed by atoms with Crippen LogP contribution >= 0.6 is 0 Å². The molecular weight excluding hydrogens is 390 g/mol. The summed E-state index contributed by atoms with van der Waals surface area (Å²) in [6.45, 7) is 6.77. The molecule has 1 aliphatic heterocycles. The van der Waals surface area contributed by atoms with Crippen molar-refractivity contribution in [2.24, 2.45) is 0 Å². The zero-order chi connectivity index (χ0) is 21.8. The first-order chi connectivity index (χ1) is 15.0. The van der Waals surface area contributed by atoms with Gasteiger partial charge in [-0.3, -0.25) is 14.2 Å². The molecule has 31 heavy (non-hydrogen) atoms. The number of carbonyl (C=O) groups excluding carboxylic acids is 1. The average molecular weight is 418 g/mol. The van der Waals surface area contributed by atoms with Crippen LogP contribution in [0.1, 0.15) is 11.3 Å². The van der Waals surface area contributed by atoms with Gasteiger partial charge in [-0.2, -0.15) is 0 Å². The summed E-state index contributed by atoms with van der Waals surface area (Å²) in [5.74, 6) is 0.309. The molecule has 1 fully saturated rings. The molecule has 7 nitrogen and oxygen atoms in total. The van der Waals surface area contributed by atoms with Crippen LogP contribution in [0, 0.1) is 13.8 Å². The van der Waals surface area contributed by atoms with E-state index in [1.54, 1.807) is 0 Å². The fourth-order valence-corrected chi connectivity index (χ4v) is 3.85. The highest BCUT2D eigenvalue weighted by atomic mass is 16.2. The van der Waals surface area contributed by atoms with Gasteiger partial charge in [-0.15, -0.1) is 0 Å². The summed E-state index contributed by atoms with van der Waals surface area (Å²) in [5.41, 5.74) is 3.35. The van der Waals surface area contributed by atoms with Gasteiger partial charge in [-0.05, 0) is 37.6 Å². The summed E-state index contributed by atoms with van der Waals surface area (Å²) in [5, 5.41) is 2.91. The largest absolute Gasteiger partial charge is 0.368 e. The van der Waals surface area contributed by atoms with Crippen molar-refractivity contribution in [3.8, 4) is 0 Å². The second-order valence-electron chi connectivity index (χ2n) is 7.79. The molecule has 0 atom stereocenters. The van der Waals surface area contributed by atoms with Gasteiger partial charge in [0.15, 0.2) is 0 Å². The van der Waals surface area contributed by atoms with E-state index >= 15 is 0 Å². The summed E-state index contributed by atoms with van der Waals surface area (Å²) in [4.78, 5) is 34.5. The Labute approximate surface area is 182 Å². The number of para-hydroxylation sites is 2. The molecule has 0 spiro atoms. The third-order valence-corrected chi connectivity index (χ3v) is 5.52. The van der Waals surface area contributed by atoms with Crippen molar-refractivity contribution in [1.29, 1.82) is 0 Å². The summed E-state index contributed by atoms with van der Waals surface area (Å²) < 4.78 is 1.47. The van der Waals surface area contributed by atoms with Crippen molar-refractivity contribution in [3.05, 3.63) is 82.3 Å². The number of nitrogens with one attached hydrogen (secondary N) is 1. The van der Waals surface area contributed by atoms with Gasteiger partial charge in [0.25, 0.3) is 5.56 Å². The molecule has 0 radical (unpaired) electrons. The number of anilines is 3. The van der Waals surface area contributed by atoms with Gasteiger partial charge in [0.2, 0.25) is 11.9 Å². The molecule has 1 N–H and O–H groups in total. The molecule has 0 saturated carbocycles. The van der Waals surface area contributed by atoms with Gasteiger partial charge in [0, 0.05) is 49.3 Å². The first-order valence-corrected chi connectivity index (χ1v) is 10.5. The highest BCUT2D eigenvalue weighted by Crippen LogP contribution is 2.19. The van der Waals surface area contributed by atoms with Crippen molar-refractivity contribution < 1.29 is 4.79 Å². The van der Waals surface area contributed by atoms with Crippen LogP contribution in [-0.2, 0) is 11.3 Å². The van der Waals surface area contributed by atoms with Crippen molar-refractivity contribution in [3.63, 3.8) is 0 Å². The number of rotatable bonds is 5. The number of aromatic nitrogens is 2. The second-order valence-corrected chi connectivity index (χ2v) is 7.79. The van der Waals surface area contributed by atoms with Gasteiger partial charge in [0.1, 0.15) is 6.54 Å². The van der Waals surface area contributed by atoms with Gasteiger partial charge in [-0.25, -0.2) is 4.98 Å². The molecule has 4 rings (SSSR count). The summed E-state index contributed by atoms with van der Waals surface area (Å²) >= 11 is 0. The van der Waals surface area contributed by atoms with Crippen LogP contribution in [-0.4, -0.2) is 41.6 Å². The fraction of sp³-hybridized carbons (Fsp3) is 0.292. The summed E-state index contributed by atoms with van der Waals surface area (Å²) in [7, 11) is 0. The zero-order valence-corrected chi connectivity index (χ0v) is 17.9.